The van der Waals surface area contributed by atoms with Gasteiger partial charge < -0.3 is 20.1 Å². The average Bonchev–Trinajstić information content (AvgIpc) is 2.61. The fourth-order valence-corrected chi connectivity index (χ4v) is 1.48. The molecule has 0 fully saturated rings. The fourth-order valence-electron chi connectivity index (χ4n) is 1.48. The zero-order valence-corrected chi connectivity index (χ0v) is 10.2. The Bertz CT molecular complexity index is 438. The molecule has 2 N–H and O–H groups in total. The van der Waals surface area contributed by atoms with Gasteiger partial charge in [-0.25, -0.2) is 4.79 Å². The van der Waals surface area contributed by atoms with Crippen LogP contribution in [-0.4, -0.2) is 18.4 Å². The van der Waals surface area contributed by atoms with E-state index < -0.39 is 0 Å². The highest BCUT2D eigenvalue weighted by Crippen LogP contribution is 2.34. The Balaban J connectivity index is 2.02. The molecule has 1 aliphatic heterocycles. The molecule has 0 spiro atoms. The van der Waals surface area contributed by atoms with Crippen molar-refractivity contribution in [2.45, 2.75) is 26.3 Å². The lowest BCUT2D eigenvalue weighted by Crippen LogP contribution is -2.43. The molecular weight excluding hydrogens is 220 g/mol. The first-order valence-corrected chi connectivity index (χ1v) is 5.43. The predicted octanol–water partition coefficient (Wildman–Crippen LogP) is 2.34. The highest BCUT2D eigenvalue weighted by atomic mass is 16.7. The third-order valence-corrected chi connectivity index (χ3v) is 2.12. The standard InChI is InChI=1S/C12H16N2O3/c1-12(2,3)14-11(15)13-8-4-5-9-10(6-8)17-7-16-9/h4-6H,7H2,1-3H3,(H2,13,14,15). The lowest BCUT2D eigenvalue weighted by molar-refractivity contribution is 0.174. The average molecular weight is 236 g/mol. The van der Waals surface area contributed by atoms with Gasteiger partial charge in [-0.15, -0.1) is 0 Å². The van der Waals surface area contributed by atoms with Gasteiger partial charge in [0.15, 0.2) is 11.5 Å². The van der Waals surface area contributed by atoms with Crippen LogP contribution in [0.1, 0.15) is 20.8 Å². The predicted molar refractivity (Wildman–Crippen MR) is 64.5 cm³/mol. The topological polar surface area (TPSA) is 59.6 Å². The van der Waals surface area contributed by atoms with E-state index in [-0.39, 0.29) is 18.4 Å². The zero-order valence-electron chi connectivity index (χ0n) is 10.2. The summed E-state index contributed by atoms with van der Waals surface area (Å²) < 4.78 is 10.4. The van der Waals surface area contributed by atoms with Gasteiger partial charge in [0, 0.05) is 17.3 Å². The molecule has 1 aliphatic rings. The molecule has 5 heteroatoms. The van der Waals surface area contributed by atoms with Crippen molar-refractivity contribution in [3.8, 4) is 11.5 Å². The van der Waals surface area contributed by atoms with Gasteiger partial charge in [0.1, 0.15) is 0 Å². The van der Waals surface area contributed by atoms with Gasteiger partial charge in [-0.2, -0.15) is 0 Å². The summed E-state index contributed by atoms with van der Waals surface area (Å²) in [6, 6.07) is 5.05. The Morgan fingerprint density at radius 2 is 1.94 bits per heavy atom. The highest BCUT2D eigenvalue weighted by molar-refractivity contribution is 5.90. The van der Waals surface area contributed by atoms with E-state index >= 15 is 0 Å². The van der Waals surface area contributed by atoms with Crippen LogP contribution in [0.2, 0.25) is 0 Å². The maximum atomic E-state index is 11.6. The summed E-state index contributed by atoms with van der Waals surface area (Å²) in [6.45, 7) is 6.00. The van der Waals surface area contributed by atoms with Crippen LogP contribution in [0.3, 0.4) is 0 Å². The number of nitrogens with one attached hydrogen (secondary N) is 2. The van der Waals surface area contributed by atoms with Crippen LogP contribution in [0.15, 0.2) is 18.2 Å². The monoisotopic (exact) mass is 236 g/mol. The number of hydrogen-bond acceptors (Lipinski definition) is 3. The number of rotatable bonds is 1. The van der Waals surface area contributed by atoms with Crippen molar-refractivity contribution in [3.05, 3.63) is 18.2 Å². The lowest BCUT2D eigenvalue weighted by Gasteiger charge is -2.20. The number of carbonyl (C=O) groups is 1. The molecule has 0 atom stereocenters. The molecule has 0 radical (unpaired) electrons. The van der Waals surface area contributed by atoms with Gasteiger partial charge in [-0.05, 0) is 32.9 Å². The van der Waals surface area contributed by atoms with E-state index in [2.05, 4.69) is 10.6 Å². The van der Waals surface area contributed by atoms with Crippen molar-refractivity contribution in [2.75, 3.05) is 12.1 Å². The number of anilines is 1. The van der Waals surface area contributed by atoms with E-state index in [0.717, 1.165) is 0 Å². The molecule has 1 aromatic rings. The van der Waals surface area contributed by atoms with Gasteiger partial charge in [0.2, 0.25) is 6.79 Å². The Kier molecular flexibility index (Phi) is 2.83. The second-order valence-electron chi connectivity index (χ2n) is 4.90. The molecule has 2 rings (SSSR count). The summed E-state index contributed by atoms with van der Waals surface area (Å²) >= 11 is 0. The molecule has 0 aromatic heterocycles. The minimum absolute atomic E-state index is 0.229. The summed E-state index contributed by atoms with van der Waals surface area (Å²) in [5, 5.41) is 5.56. The summed E-state index contributed by atoms with van der Waals surface area (Å²) in [6.07, 6.45) is 0. The SMILES string of the molecule is CC(C)(C)NC(=O)Nc1ccc2c(c1)OCO2. The van der Waals surface area contributed by atoms with Crippen LogP contribution < -0.4 is 20.1 Å². The Morgan fingerprint density at radius 3 is 2.65 bits per heavy atom. The minimum atomic E-state index is -0.263. The van der Waals surface area contributed by atoms with Crippen LogP contribution in [0.5, 0.6) is 11.5 Å². The first-order valence-electron chi connectivity index (χ1n) is 5.43. The first-order chi connectivity index (χ1) is 7.94. The first kappa shape index (κ1) is 11.6. The van der Waals surface area contributed by atoms with Crippen molar-refractivity contribution in [1.82, 2.24) is 5.32 Å². The van der Waals surface area contributed by atoms with Gasteiger partial charge in [0.05, 0.1) is 0 Å². The number of urea groups is 1. The van der Waals surface area contributed by atoms with Crippen molar-refractivity contribution in [2.24, 2.45) is 0 Å². The second kappa shape index (κ2) is 4.16. The number of fused-ring (bicyclic) bond motifs is 1. The highest BCUT2D eigenvalue weighted by Gasteiger charge is 2.16. The quantitative estimate of drug-likeness (QED) is 0.786. The lowest BCUT2D eigenvalue weighted by atomic mass is 10.1. The number of amides is 2. The summed E-state index contributed by atoms with van der Waals surface area (Å²) in [7, 11) is 0. The zero-order chi connectivity index (χ0) is 12.5. The van der Waals surface area contributed by atoms with E-state index in [9.17, 15) is 4.79 Å². The Labute approximate surface area is 100 Å². The third kappa shape index (κ3) is 3.03. The summed E-state index contributed by atoms with van der Waals surface area (Å²) in [5.74, 6) is 1.35. The van der Waals surface area contributed by atoms with E-state index in [0.29, 0.717) is 17.2 Å². The van der Waals surface area contributed by atoms with Gasteiger partial charge in [-0.3, -0.25) is 0 Å². The van der Waals surface area contributed by atoms with Gasteiger partial charge >= 0.3 is 6.03 Å². The van der Waals surface area contributed by atoms with E-state index in [4.69, 9.17) is 9.47 Å². The van der Waals surface area contributed by atoms with E-state index in [1.54, 1.807) is 18.2 Å². The van der Waals surface area contributed by atoms with Crippen LogP contribution in [0.4, 0.5) is 10.5 Å². The van der Waals surface area contributed by atoms with Crippen molar-refractivity contribution in [1.29, 1.82) is 0 Å². The summed E-state index contributed by atoms with van der Waals surface area (Å²) in [4.78, 5) is 11.6. The number of carbonyl (C=O) groups excluding carboxylic acids is 1. The van der Waals surface area contributed by atoms with Crippen molar-refractivity contribution >= 4 is 11.7 Å². The molecule has 92 valence electrons. The number of ether oxygens (including phenoxy) is 2. The maximum Gasteiger partial charge on any atom is 0.319 e. The largest absolute Gasteiger partial charge is 0.454 e. The van der Waals surface area contributed by atoms with Crippen LogP contribution in [0.25, 0.3) is 0 Å². The molecule has 0 saturated carbocycles. The molecule has 1 heterocycles. The minimum Gasteiger partial charge on any atom is -0.454 e. The van der Waals surface area contributed by atoms with E-state index in [1.807, 2.05) is 20.8 Å². The fraction of sp³-hybridized carbons (Fsp3) is 0.417. The smallest absolute Gasteiger partial charge is 0.319 e. The third-order valence-electron chi connectivity index (χ3n) is 2.12. The van der Waals surface area contributed by atoms with Crippen LogP contribution >= 0.6 is 0 Å². The molecule has 2 amide bonds. The Hall–Kier alpha value is -1.91. The number of benzene rings is 1. The molecular formula is C12H16N2O3. The molecule has 0 saturated heterocycles. The van der Waals surface area contributed by atoms with Crippen molar-refractivity contribution < 1.29 is 14.3 Å². The molecule has 0 unspecified atom stereocenters. The maximum absolute atomic E-state index is 11.6. The van der Waals surface area contributed by atoms with Crippen molar-refractivity contribution in [3.63, 3.8) is 0 Å². The molecule has 5 nitrogen and oxygen atoms in total. The second-order valence-corrected chi connectivity index (χ2v) is 4.90. The number of hydrogen-bond donors (Lipinski definition) is 2. The normalized spacial score (nSPS) is 13.4. The van der Waals surface area contributed by atoms with Gasteiger partial charge in [-0.1, -0.05) is 0 Å². The van der Waals surface area contributed by atoms with Crippen LogP contribution in [0, 0.1) is 0 Å². The molecule has 1 aromatic carbocycles. The van der Waals surface area contributed by atoms with E-state index in [1.165, 1.54) is 0 Å². The van der Waals surface area contributed by atoms with Crippen LogP contribution in [-0.2, 0) is 0 Å². The molecule has 0 bridgehead atoms. The summed E-state index contributed by atoms with van der Waals surface area (Å²) in [5.41, 5.74) is 0.413. The Morgan fingerprint density at radius 1 is 1.24 bits per heavy atom. The molecule has 17 heavy (non-hydrogen) atoms. The van der Waals surface area contributed by atoms with Gasteiger partial charge in [0.25, 0.3) is 0 Å². The molecule has 0 aliphatic carbocycles.